The van der Waals surface area contributed by atoms with E-state index in [0.717, 1.165) is 0 Å². The van der Waals surface area contributed by atoms with Crippen molar-refractivity contribution in [2.45, 2.75) is 44.9 Å². The molecular formula is C10H14. The van der Waals surface area contributed by atoms with Crippen molar-refractivity contribution in [2.24, 2.45) is 0 Å². The van der Waals surface area contributed by atoms with Crippen molar-refractivity contribution in [3.8, 4) is 0 Å². The van der Waals surface area contributed by atoms with Gasteiger partial charge in [-0.2, -0.15) is 0 Å². The van der Waals surface area contributed by atoms with Crippen LogP contribution in [-0.4, -0.2) is 0 Å². The van der Waals surface area contributed by atoms with Gasteiger partial charge in [0.25, 0.3) is 0 Å². The highest BCUT2D eigenvalue weighted by Gasteiger charge is 2.15. The summed E-state index contributed by atoms with van der Waals surface area (Å²) >= 11 is 0. The largest absolute Gasteiger partial charge is 0.0704 e. The molecule has 0 nitrogen and oxygen atoms in total. The predicted molar refractivity (Wildman–Crippen MR) is 42.6 cm³/mol. The van der Waals surface area contributed by atoms with Crippen LogP contribution in [0, 0.1) is 6.42 Å². The van der Waals surface area contributed by atoms with E-state index in [-0.39, 0.29) is 0 Å². The van der Waals surface area contributed by atoms with Gasteiger partial charge in [-0.25, -0.2) is 0 Å². The minimum atomic E-state index is 1.22. The maximum Gasteiger partial charge on any atom is 0.0119 e. The van der Waals surface area contributed by atoms with E-state index in [2.05, 4.69) is 6.42 Å². The van der Waals surface area contributed by atoms with Crippen molar-refractivity contribution < 1.29 is 0 Å². The summed E-state index contributed by atoms with van der Waals surface area (Å²) in [5.41, 5.74) is 3.33. The number of allylic oxidation sites excluding steroid dienone is 2. The highest BCUT2D eigenvalue weighted by molar-refractivity contribution is 5.26. The molecule has 0 heterocycles. The van der Waals surface area contributed by atoms with E-state index in [9.17, 15) is 0 Å². The van der Waals surface area contributed by atoms with Gasteiger partial charge in [0.2, 0.25) is 0 Å². The highest BCUT2D eigenvalue weighted by Crippen LogP contribution is 2.34. The third kappa shape index (κ3) is 1.12. The van der Waals surface area contributed by atoms with E-state index in [1.165, 1.54) is 44.9 Å². The van der Waals surface area contributed by atoms with Gasteiger partial charge in [0.1, 0.15) is 0 Å². The SMILES string of the molecule is [C]1CCCC2=C1CCCC2. The molecule has 54 valence electrons. The molecule has 0 saturated carbocycles. The summed E-state index contributed by atoms with van der Waals surface area (Å²) in [6.45, 7) is 0. The Balaban J connectivity index is 2.14. The van der Waals surface area contributed by atoms with Gasteiger partial charge in [-0.05, 0) is 44.9 Å². The van der Waals surface area contributed by atoms with Crippen LogP contribution in [0.1, 0.15) is 44.9 Å². The lowest BCUT2D eigenvalue weighted by atomic mass is 9.82. The molecular weight excluding hydrogens is 120 g/mol. The molecule has 0 fully saturated rings. The second kappa shape index (κ2) is 2.77. The van der Waals surface area contributed by atoms with Crippen molar-refractivity contribution in [3.05, 3.63) is 17.6 Å². The lowest BCUT2D eigenvalue weighted by Gasteiger charge is -2.23. The van der Waals surface area contributed by atoms with Crippen LogP contribution >= 0.6 is 0 Å². The van der Waals surface area contributed by atoms with Crippen LogP contribution in [0.5, 0.6) is 0 Å². The van der Waals surface area contributed by atoms with Crippen LogP contribution in [0.4, 0.5) is 0 Å². The maximum atomic E-state index is 3.50. The molecule has 0 aromatic carbocycles. The zero-order valence-electron chi connectivity index (χ0n) is 6.45. The molecule has 0 saturated heterocycles. The summed E-state index contributed by atoms with van der Waals surface area (Å²) < 4.78 is 0. The standard InChI is InChI=1S/C10H14/c1-2-6-10-8-4-3-7-9(10)5-1/h1-7H2. The Hall–Kier alpha value is -0.260. The summed E-state index contributed by atoms with van der Waals surface area (Å²) in [6.07, 6.45) is 13.0. The number of hydrogen-bond donors (Lipinski definition) is 0. The van der Waals surface area contributed by atoms with Gasteiger partial charge in [-0.3, -0.25) is 0 Å². The molecule has 0 aromatic rings. The van der Waals surface area contributed by atoms with E-state index in [1.807, 2.05) is 0 Å². The van der Waals surface area contributed by atoms with Gasteiger partial charge in [0, 0.05) is 6.42 Å². The van der Waals surface area contributed by atoms with Crippen LogP contribution in [-0.2, 0) is 0 Å². The lowest BCUT2D eigenvalue weighted by molar-refractivity contribution is 0.605. The van der Waals surface area contributed by atoms with Crippen LogP contribution < -0.4 is 0 Å². The molecule has 0 N–H and O–H groups in total. The molecule has 2 rings (SSSR count). The minimum absolute atomic E-state index is 1.22. The second-order valence-electron chi connectivity index (χ2n) is 3.32. The molecule has 0 heteroatoms. The molecule has 0 bridgehead atoms. The minimum Gasteiger partial charge on any atom is -0.0704 e. The zero-order valence-corrected chi connectivity index (χ0v) is 6.45. The van der Waals surface area contributed by atoms with E-state index >= 15 is 0 Å². The van der Waals surface area contributed by atoms with Gasteiger partial charge in [0.05, 0.1) is 0 Å². The van der Waals surface area contributed by atoms with Crippen molar-refractivity contribution in [1.29, 1.82) is 0 Å². The van der Waals surface area contributed by atoms with Gasteiger partial charge >= 0.3 is 0 Å². The number of rotatable bonds is 0. The van der Waals surface area contributed by atoms with Crippen LogP contribution in [0.3, 0.4) is 0 Å². The third-order valence-corrected chi connectivity index (χ3v) is 2.58. The van der Waals surface area contributed by atoms with E-state index in [0.29, 0.717) is 0 Å². The summed E-state index contributed by atoms with van der Waals surface area (Å²) in [7, 11) is 0. The smallest absolute Gasteiger partial charge is 0.0119 e. The molecule has 0 atom stereocenters. The molecule has 0 aromatic heterocycles. The van der Waals surface area contributed by atoms with Crippen LogP contribution in [0.25, 0.3) is 0 Å². The Kier molecular flexibility index (Phi) is 1.79. The van der Waals surface area contributed by atoms with Crippen LogP contribution in [0.15, 0.2) is 11.1 Å². The summed E-state index contributed by atoms with van der Waals surface area (Å²) in [6, 6.07) is 0. The quantitative estimate of drug-likeness (QED) is 0.477. The Morgan fingerprint density at radius 2 is 1.70 bits per heavy atom. The Labute approximate surface area is 63.3 Å². The van der Waals surface area contributed by atoms with E-state index < -0.39 is 0 Å². The number of hydrogen-bond acceptors (Lipinski definition) is 0. The maximum absolute atomic E-state index is 3.50. The molecule has 2 aliphatic rings. The van der Waals surface area contributed by atoms with Crippen molar-refractivity contribution in [2.75, 3.05) is 0 Å². The fraction of sp³-hybridized carbons (Fsp3) is 0.700. The first-order valence-electron chi connectivity index (χ1n) is 4.41. The molecule has 0 aliphatic heterocycles. The van der Waals surface area contributed by atoms with E-state index in [4.69, 9.17) is 0 Å². The van der Waals surface area contributed by atoms with E-state index in [1.54, 1.807) is 11.1 Å². The van der Waals surface area contributed by atoms with Gasteiger partial charge in [-0.1, -0.05) is 11.1 Å². The first kappa shape index (κ1) is 6.45. The monoisotopic (exact) mass is 134 g/mol. The fourth-order valence-corrected chi connectivity index (χ4v) is 2.00. The Morgan fingerprint density at radius 1 is 0.900 bits per heavy atom. The lowest BCUT2D eigenvalue weighted by Crippen LogP contribution is -2.05. The molecule has 2 aliphatic carbocycles. The van der Waals surface area contributed by atoms with Crippen molar-refractivity contribution >= 4 is 0 Å². The molecule has 2 radical (unpaired) electrons. The first-order valence-corrected chi connectivity index (χ1v) is 4.41. The normalized spacial score (nSPS) is 26.4. The molecule has 0 unspecified atom stereocenters. The average Bonchev–Trinajstić information content (AvgIpc) is 2.05. The Bertz CT molecular complexity index is 119. The van der Waals surface area contributed by atoms with Gasteiger partial charge in [-0.15, -0.1) is 0 Å². The summed E-state index contributed by atoms with van der Waals surface area (Å²) in [5, 5.41) is 0. The van der Waals surface area contributed by atoms with Crippen molar-refractivity contribution in [3.63, 3.8) is 0 Å². The fourth-order valence-electron chi connectivity index (χ4n) is 2.00. The summed E-state index contributed by atoms with van der Waals surface area (Å²) in [5.74, 6) is 0. The summed E-state index contributed by atoms with van der Waals surface area (Å²) in [4.78, 5) is 0. The second-order valence-corrected chi connectivity index (χ2v) is 3.32. The highest BCUT2D eigenvalue weighted by atomic mass is 14.2. The van der Waals surface area contributed by atoms with Gasteiger partial charge in [0.15, 0.2) is 0 Å². The Morgan fingerprint density at radius 3 is 2.60 bits per heavy atom. The predicted octanol–water partition coefficient (Wildman–Crippen LogP) is 3.12. The zero-order chi connectivity index (χ0) is 6.81. The molecule has 0 spiro atoms. The molecule has 10 heavy (non-hydrogen) atoms. The molecule has 0 amide bonds. The average molecular weight is 134 g/mol. The topological polar surface area (TPSA) is 0 Å². The third-order valence-electron chi connectivity index (χ3n) is 2.58. The van der Waals surface area contributed by atoms with Crippen molar-refractivity contribution in [1.82, 2.24) is 0 Å². The first-order chi connectivity index (χ1) is 4.97. The van der Waals surface area contributed by atoms with Crippen LogP contribution in [0.2, 0.25) is 0 Å². The van der Waals surface area contributed by atoms with Gasteiger partial charge < -0.3 is 0 Å².